The number of ether oxygens (including phenoxy) is 1. The zero-order chi connectivity index (χ0) is 15.4. The highest BCUT2D eigenvalue weighted by molar-refractivity contribution is 6.04. The minimum Gasteiger partial charge on any atom is -0.494 e. The molecule has 0 aliphatic rings. The highest BCUT2D eigenvalue weighted by Gasteiger charge is 2.11. The Balaban J connectivity index is 2.20. The number of carboxylic acid groups (broad SMARTS) is 1. The first-order valence-corrected chi connectivity index (χ1v) is 5.84. The fraction of sp³-hybridized carbons (Fsp3) is 0.0714. The molecule has 7 heteroatoms. The molecule has 2 rings (SSSR count). The van der Waals surface area contributed by atoms with Gasteiger partial charge in [0.1, 0.15) is 0 Å². The second-order valence-electron chi connectivity index (χ2n) is 4.07. The number of nitrogens with zero attached hydrogens (tertiary/aromatic N) is 1. The van der Waals surface area contributed by atoms with Crippen LogP contribution in [0.15, 0.2) is 36.7 Å². The lowest BCUT2D eigenvalue weighted by Crippen LogP contribution is -2.13. The van der Waals surface area contributed by atoms with Crippen molar-refractivity contribution in [3.05, 3.63) is 53.6 Å². The van der Waals surface area contributed by atoms with Crippen molar-refractivity contribution in [2.24, 2.45) is 0 Å². The number of amides is 1. The van der Waals surface area contributed by atoms with Gasteiger partial charge in [-0.25, -0.2) is 9.18 Å². The van der Waals surface area contributed by atoms with E-state index in [1.807, 2.05) is 0 Å². The number of benzene rings is 1. The number of rotatable bonds is 4. The number of methoxy groups -OCH3 is 1. The van der Waals surface area contributed by atoms with Gasteiger partial charge in [0.2, 0.25) is 0 Å². The van der Waals surface area contributed by atoms with Crippen molar-refractivity contribution in [2.45, 2.75) is 0 Å². The Hall–Kier alpha value is -2.96. The van der Waals surface area contributed by atoms with Gasteiger partial charge in [0, 0.05) is 11.8 Å². The van der Waals surface area contributed by atoms with Crippen LogP contribution >= 0.6 is 0 Å². The molecule has 1 aromatic heterocycles. The van der Waals surface area contributed by atoms with Crippen molar-refractivity contribution in [3.63, 3.8) is 0 Å². The number of carbonyl (C=O) groups is 2. The van der Waals surface area contributed by atoms with E-state index >= 15 is 0 Å². The summed E-state index contributed by atoms with van der Waals surface area (Å²) in [6.07, 6.45) is 2.45. The van der Waals surface area contributed by atoms with Crippen LogP contribution < -0.4 is 10.1 Å². The quantitative estimate of drug-likeness (QED) is 0.901. The predicted molar refractivity (Wildman–Crippen MR) is 72.1 cm³/mol. The molecule has 1 heterocycles. The van der Waals surface area contributed by atoms with Gasteiger partial charge < -0.3 is 15.2 Å². The summed E-state index contributed by atoms with van der Waals surface area (Å²) >= 11 is 0. The van der Waals surface area contributed by atoms with Crippen LogP contribution in [-0.4, -0.2) is 29.1 Å². The standard InChI is InChI=1S/C14H11FN2O4/c1-21-12-3-2-8(5-11(12)15)13(18)17-10-4-9(14(19)20)6-16-7-10/h2-7H,1H3,(H,17,18)(H,19,20). The molecule has 0 aliphatic heterocycles. The number of aromatic nitrogens is 1. The molecule has 6 nitrogen and oxygen atoms in total. The number of carbonyl (C=O) groups excluding carboxylic acids is 1. The lowest BCUT2D eigenvalue weighted by Gasteiger charge is -2.07. The minimum absolute atomic E-state index is 0.0288. The van der Waals surface area contributed by atoms with Gasteiger partial charge in [-0.15, -0.1) is 0 Å². The molecule has 0 spiro atoms. The Morgan fingerprint density at radius 3 is 2.62 bits per heavy atom. The normalized spacial score (nSPS) is 10.0. The third-order valence-corrected chi connectivity index (χ3v) is 2.66. The van der Waals surface area contributed by atoms with E-state index in [4.69, 9.17) is 9.84 Å². The van der Waals surface area contributed by atoms with E-state index in [2.05, 4.69) is 10.3 Å². The molecular weight excluding hydrogens is 279 g/mol. The van der Waals surface area contributed by atoms with Gasteiger partial charge >= 0.3 is 5.97 Å². The Morgan fingerprint density at radius 1 is 1.24 bits per heavy atom. The van der Waals surface area contributed by atoms with Crippen LogP contribution in [0.3, 0.4) is 0 Å². The van der Waals surface area contributed by atoms with Crippen LogP contribution in [0.5, 0.6) is 5.75 Å². The Bertz CT molecular complexity index is 703. The predicted octanol–water partition coefficient (Wildman–Crippen LogP) is 2.18. The third-order valence-electron chi connectivity index (χ3n) is 2.66. The minimum atomic E-state index is -1.16. The molecule has 0 unspecified atom stereocenters. The molecule has 108 valence electrons. The van der Waals surface area contributed by atoms with E-state index in [0.717, 1.165) is 12.3 Å². The molecule has 2 aromatic rings. The van der Waals surface area contributed by atoms with Gasteiger partial charge in [-0.3, -0.25) is 9.78 Å². The maximum absolute atomic E-state index is 13.5. The van der Waals surface area contributed by atoms with Crippen molar-refractivity contribution < 1.29 is 23.8 Å². The van der Waals surface area contributed by atoms with Gasteiger partial charge in [-0.05, 0) is 24.3 Å². The molecule has 0 saturated heterocycles. The average molecular weight is 290 g/mol. The van der Waals surface area contributed by atoms with E-state index in [9.17, 15) is 14.0 Å². The lowest BCUT2D eigenvalue weighted by atomic mass is 10.2. The second-order valence-corrected chi connectivity index (χ2v) is 4.07. The third kappa shape index (κ3) is 3.33. The summed E-state index contributed by atoms with van der Waals surface area (Å²) < 4.78 is 18.3. The number of hydrogen-bond donors (Lipinski definition) is 2. The van der Waals surface area contributed by atoms with Gasteiger partial charge in [-0.1, -0.05) is 0 Å². The van der Waals surface area contributed by atoms with Crippen LogP contribution in [-0.2, 0) is 0 Å². The SMILES string of the molecule is COc1ccc(C(=O)Nc2cncc(C(=O)O)c2)cc1F. The molecule has 0 bridgehead atoms. The van der Waals surface area contributed by atoms with Gasteiger partial charge in [-0.2, -0.15) is 0 Å². The Kier molecular flexibility index (Phi) is 4.13. The molecule has 21 heavy (non-hydrogen) atoms. The molecular formula is C14H11FN2O4. The number of pyridine rings is 1. The van der Waals surface area contributed by atoms with Crippen LogP contribution in [0.4, 0.5) is 10.1 Å². The van der Waals surface area contributed by atoms with Gasteiger partial charge in [0.25, 0.3) is 5.91 Å². The maximum Gasteiger partial charge on any atom is 0.337 e. The summed E-state index contributed by atoms with van der Waals surface area (Å²) in [6.45, 7) is 0. The van der Waals surface area contributed by atoms with Gasteiger partial charge in [0.05, 0.1) is 24.6 Å². The monoisotopic (exact) mass is 290 g/mol. The van der Waals surface area contributed by atoms with Crippen molar-refractivity contribution in [1.82, 2.24) is 4.98 Å². The molecule has 0 radical (unpaired) electrons. The largest absolute Gasteiger partial charge is 0.494 e. The summed E-state index contributed by atoms with van der Waals surface area (Å²) in [5.74, 6) is -2.38. The highest BCUT2D eigenvalue weighted by atomic mass is 19.1. The Morgan fingerprint density at radius 2 is 2.00 bits per heavy atom. The first-order valence-electron chi connectivity index (χ1n) is 5.84. The van der Waals surface area contributed by atoms with Crippen LogP contribution in [0.25, 0.3) is 0 Å². The van der Waals surface area contributed by atoms with E-state index in [-0.39, 0.29) is 22.6 Å². The van der Waals surface area contributed by atoms with E-state index < -0.39 is 17.7 Å². The van der Waals surface area contributed by atoms with E-state index in [0.29, 0.717) is 0 Å². The van der Waals surface area contributed by atoms with Gasteiger partial charge in [0.15, 0.2) is 11.6 Å². The fourth-order valence-corrected chi connectivity index (χ4v) is 1.64. The van der Waals surface area contributed by atoms with Crippen LogP contribution in [0.2, 0.25) is 0 Å². The summed E-state index contributed by atoms with van der Waals surface area (Å²) in [5, 5.41) is 11.3. The first kappa shape index (κ1) is 14.4. The number of carboxylic acids is 1. The van der Waals surface area contributed by atoms with E-state index in [1.165, 1.54) is 31.5 Å². The summed E-state index contributed by atoms with van der Waals surface area (Å²) in [4.78, 5) is 26.5. The fourth-order valence-electron chi connectivity index (χ4n) is 1.64. The lowest BCUT2D eigenvalue weighted by molar-refractivity contribution is 0.0696. The number of hydrogen-bond acceptors (Lipinski definition) is 4. The molecule has 0 atom stereocenters. The molecule has 1 aromatic carbocycles. The zero-order valence-electron chi connectivity index (χ0n) is 11.0. The summed E-state index contributed by atoms with van der Waals surface area (Å²) in [5.41, 5.74) is 0.221. The van der Waals surface area contributed by atoms with Crippen molar-refractivity contribution in [1.29, 1.82) is 0 Å². The molecule has 2 N–H and O–H groups in total. The highest BCUT2D eigenvalue weighted by Crippen LogP contribution is 2.18. The van der Waals surface area contributed by atoms with Crippen LogP contribution in [0, 0.1) is 5.82 Å². The maximum atomic E-state index is 13.5. The first-order chi connectivity index (χ1) is 10.0. The number of halogens is 1. The average Bonchev–Trinajstić information content (AvgIpc) is 2.47. The molecule has 0 aliphatic carbocycles. The Labute approximate surface area is 119 Å². The zero-order valence-corrected chi connectivity index (χ0v) is 11.0. The molecule has 1 amide bonds. The summed E-state index contributed by atoms with van der Waals surface area (Å²) in [6, 6.07) is 5.01. The number of aromatic carboxylic acids is 1. The number of anilines is 1. The van der Waals surface area contributed by atoms with E-state index in [1.54, 1.807) is 0 Å². The molecule has 0 fully saturated rings. The number of nitrogens with one attached hydrogen (secondary N) is 1. The van der Waals surface area contributed by atoms with Crippen LogP contribution in [0.1, 0.15) is 20.7 Å². The molecule has 0 saturated carbocycles. The van der Waals surface area contributed by atoms with Crippen molar-refractivity contribution in [2.75, 3.05) is 12.4 Å². The topological polar surface area (TPSA) is 88.5 Å². The van der Waals surface area contributed by atoms with Crippen molar-refractivity contribution >= 4 is 17.6 Å². The summed E-state index contributed by atoms with van der Waals surface area (Å²) in [7, 11) is 1.32. The second kappa shape index (κ2) is 6.00. The smallest absolute Gasteiger partial charge is 0.337 e. The van der Waals surface area contributed by atoms with Crippen molar-refractivity contribution in [3.8, 4) is 5.75 Å².